The van der Waals surface area contributed by atoms with Crippen molar-refractivity contribution in [2.24, 2.45) is 0 Å². The fourth-order valence-corrected chi connectivity index (χ4v) is 1.48. The van der Waals surface area contributed by atoms with E-state index >= 15 is 0 Å². The van der Waals surface area contributed by atoms with Crippen molar-refractivity contribution in [3.8, 4) is 5.75 Å². The zero-order valence-electron chi connectivity index (χ0n) is 8.75. The van der Waals surface area contributed by atoms with E-state index in [9.17, 15) is 4.79 Å². The number of unbranched alkanes of at least 4 members (excludes halogenated alkanes) is 1. The highest BCUT2D eigenvalue weighted by molar-refractivity contribution is 5.49. The Labute approximate surface area is 84.9 Å². The zero-order valence-corrected chi connectivity index (χ0v) is 8.75. The molecule has 0 unspecified atom stereocenters. The van der Waals surface area contributed by atoms with Gasteiger partial charge in [0.2, 0.25) is 0 Å². The zero-order chi connectivity index (χ0) is 10.4. The summed E-state index contributed by atoms with van der Waals surface area (Å²) in [6.45, 7) is 2.06. The fourth-order valence-electron chi connectivity index (χ4n) is 1.48. The first-order valence-electron chi connectivity index (χ1n) is 4.85. The lowest BCUT2D eigenvalue weighted by atomic mass is 10.0. The summed E-state index contributed by atoms with van der Waals surface area (Å²) in [5.41, 5.74) is 2.42. The Morgan fingerprint density at radius 1 is 1.43 bits per heavy atom. The Bertz CT molecular complexity index is 305. The summed E-state index contributed by atoms with van der Waals surface area (Å²) in [5.74, 6) is 0.918. The van der Waals surface area contributed by atoms with Crippen molar-refractivity contribution in [3.05, 3.63) is 29.3 Å². The summed E-state index contributed by atoms with van der Waals surface area (Å²) >= 11 is 0. The summed E-state index contributed by atoms with van der Waals surface area (Å²) in [7, 11) is 1.67. The van der Waals surface area contributed by atoms with Crippen LogP contribution in [0.5, 0.6) is 5.75 Å². The molecule has 0 amide bonds. The molecule has 0 saturated carbocycles. The van der Waals surface area contributed by atoms with E-state index in [4.69, 9.17) is 4.74 Å². The van der Waals surface area contributed by atoms with E-state index in [1.54, 1.807) is 7.11 Å². The Morgan fingerprint density at radius 3 is 2.86 bits per heavy atom. The highest BCUT2D eigenvalue weighted by Crippen LogP contribution is 2.21. The number of carbonyl (C=O) groups excluding carboxylic acids is 1. The molecular formula is C12H16O2. The minimum absolute atomic E-state index is 0.622. The van der Waals surface area contributed by atoms with Gasteiger partial charge in [0.1, 0.15) is 12.0 Å². The highest BCUT2D eigenvalue weighted by atomic mass is 16.5. The van der Waals surface area contributed by atoms with Gasteiger partial charge in [-0.05, 0) is 31.4 Å². The van der Waals surface area contributed by atoms with Gasteiger partial charge in [-0.15, -0.1) is 0 Å². The maximum absolute atomic E-state index is 10.2. The van der Waals surface area contributed by atoms with Crippen molar-refractivity contribution in [1.29, 1.82) is 0 Å². The number of carbonyl (C=O) groups is 1. The molecule has 2 nitrogen and oxygen atoms in total. The molecule has 0 fully saturated rings. The Kier molecular flexibility index (Phi) is 4.17. The van der Waals surface area contributed by atoms with Crippen LogP contribution in [0.4, 0.5) is 0 Å². The number of methoxy groups -OCH3 is 1. The van der Waals surface area contributed by atoms with Crippen LogP contribution in [-0.2, 0) is 11.2 Å². The molecule has 1 aromatic carbocycles. The molecule has 76 valence electrons. The summed E-state index contributed by atoms with van der Waals surface area (Å²) in [4.78, 5) is 10.2. The van der Waals surface area contributed by atoms with Crippen LogP contribution in [-0.4, -0.2) is 13.4 Å². The van der Waals surface area contributed by atoms with Crippen molar-refractivity contribution >= 4 is 6.29 Å². The third kappa shape index (κ3) is 2.87. The largest absolute Gasteiger partial charge is 0.496 e. The van der Waals surface area contributed by atoms with Crippen molar-refractivity contribution in [3.63, 3.8) is 0 Å². The second kappa shape index (κ2) is 5.43. The van der Waals surface area contributed by atoms with Gasteiger partial charge in [-0.1, -0.05) is 17.7 Å². The lowest BCUT2D eigenvalue weighted by molar-refractivity contribution is -0.107. The van der Waals surface area contributed by atoms with E-state index in [0.29, 0.717) is 6.42 Å². The minimum Gasteiger partial charge on any atom is -0.496 e. The van der Waals surface area contributed by atoms with Crippen LogP contribution >= 0.6 is 0 Å². The number of hydrogen-bond acceptors (Lipinski definition) is 2. The molecule has 0 aromatic heterocycles. The number of benzene rings is 1. The van der Waals surface area contributed by atoms with Crippen LogP contribution in [0.25, 0.3) is 0 Å². The first-order valence-corrected chi connectivity index (χ1v) is 4.85. The van der Waals surface area contributed by atoms with Crippen LogP contribution in [0.3, 0.4) is 0 Å². The quantitative estimate of drug-likeness (QED) is 0.529. The van der Waals surface area contributed by atoms with E-state index < -0.39 is 0 Å². The van der Waals surface area contributed by atoms with E-state index in [0.717, 1.165) is 24.9 Å². The highest BCUT2D eigenvalue weighted by Gasteiger charge is 2.02. The molecule has 0 saturated heterocycles. The van der Waals surface area contributed by atoms with Gasteiger partial charge in [0.05, 0.1) is 7.11 Å². The topological polar surface area (TPSA) is 26.3 Å². The third-order valence-corrected chi connectivity index (χ3v) is 2.20. The first kappa shape index (κ1) is 10.8. The third-order valence-electron chi connectivity index (χ3n) is 2.20. The van der Waals surface area contributed by atoms with Gasteiger partial charge in [-0.3, -0.25) is 0 Å². The molecule has 0 radical (unpaired) electrons. The lowest BCUT2D eigenvalue weighted by Gasteiger charge is -2.08. The molecule has 0 aliphatic rings. The number of rotatable bonds is 5. The number of aryl methyl sites for hydroxylation is 2. The van der Waals surface area contributed by atoms with Crippen LogP contribution in [0.15, 0.2) is 18.2 Å². The number of hydrogen-bond donors (Lipinski definition) is 0. The monoisotopic (exact) mass is 192 g/mol. The average molecular weight is 192 g/mol. The van der Waals surface area contributed by atoms with Crippen molar-refractivity contribution in [1.82, 2.24) is 0 Å². The molecule has 0 aliphatic carbocycles. The molecule has 0 aliphatic heterocycles. The van der Waals surface area contributed by atoms with Gasteiger partial charge in [-0.2, -0.15) is 0 Å². The molecule has 0 spiro atoms. The van der Waals surface area contributed by atoms with E-state index in [1.807, 2.05) is 12.1 Å². The fraction of sp³-hybridized carbons (Fsp3) is 0.417. The Morgan fingerprint density at radius 2 is 2.21 bits per heavy atom. The SMILES string of the molecule is COc1ccc(C)cc1CCCC=O. The van der Waals surface area contributed by atoms with Crippen molar-refractivity contribution in [2.75, 3.05) is 7.11 Å². The molecule has 1 rings (SSSR count). The maximum atomic E-state index is 10.2. The molecule has 1 aromatic rings. The Balaban J connectivity index is 2.71. The summed E-state index contributed by atoms with van der Waals surface area (Å²) in [6, 6.07) is 6.12. The second-order valence-corrected chi connectivity index (χ2v) is 3.37. The van der Waals surface area contributed by atoms with Gasteiger partial charge in [0, 0.05) is 6.42 Å². The van der Waals surface area contributed by atoms with Gasteiger partial charge >= 0.3 is 0 Å². The second-order valence-electron chi connectivity index (χ2n) is 3.37. The van der Waals surface area contributed by atoms with Crippen molar-refractivity contribution in [2.45, 2.75) is 26.2 Å². The molecule has 2 heteroatoms. The summed E-state index contributed by atoms with van der Waals surface area (Å²) in [6.07, 6.45) is 3.38. The predicted molar refractivity (Wildman–Crippen MR) is 56.7 cm³/mol. The Hall–Kier alpha value is -1.31. The van der Waals surface area contributed by atoms with E-state index in [2.05, 4.69) is 13.0 Å². The average Bonchev–Trinajstić information content (AvgIpc) is 2.19. The number of aldehydes is 1. The molecule has 0 heterocycles. The molecule has 14 heavy (non-hydrogen) atoms. The van der Waals surface area contributed by atoms with Crippen LogP contribution < -0.4 is 4.74 Å². The maximum Gasteiger partial charge on any atom is 0.122 e. The van der Waals surface area contributed by atoms with E-state index in [-0.39, 0.29) is 0 Å². The standard InChI is InChI=1S/C12H16O2/c1-10-6-7-12(14-2)11(9-10)5-3-4-8-13/h6-9H,3-5H2,1-2H3. The van der Waals surface area contributed by atoms with Gasteiger partial charge < -0.3 is 9.53 Å². The summed E-state index contributed by atoms with van der Waals surface area (Å²) < 4.78 is 5.24. The molecular weight excluding hydrogens is 176 g/mol. The minimum atomic E-state index is 0.622. The normalized spacial score (nSPS) is 9.86. The van der Waals surface area contributed by atoms with Crippen LogP contribution in [0, 0.1) is 6.92 Å². The molecule has 0 bridgehead atoms. The number of ether oxygens (including phenoxy) is 1. The summed E-state index contributed by atoms with van der Waals surface area (Å²) in [5, 5.41) is 0. The predicted octanol–water partition coefficient (Wildman–Crippen LogP) is 2.53. The molecule has 0 N–H and O–H groups in total. The van der Waals surface area contributed by atoms with Gasteiger partial charge in [0.15, 0.2) is 0 Å². The van der Waals surface area contributed by atoms with Crippen molar-refractivity contribution < 1.29 is 9.53 Å². The first-order chi connectivity index (χ1) is 6.77. The van der Waals surface area contributed by atoms with Gasteiger partial charge in [-0.25, -0.2) is 0 Å². The van der Waals surface area contributed by atoms with Crippen LogP contribution in [0.2, 0.25) is 0 Å². The van der Waals surface area contributed by atoms with E-state index in [1.165, 1.54) is 11.1 Å². The van der Waals surface area contributed by atoms with Crippen LogP contribution in [0.1, 0.15) is 24.0 Å². The smallest absolute Gasteiger partial charge is 0.122 e. The molecule has 0 atom stereocenters. The van der Waals surface area contributed by atoms with Gasteiger partial charge in [0.25, 0.3) is 0 Å². The lowest BCUT2D eigenvalue weighted by Crippen LogP contribution is -1.93.